The van der Waals surface area contributed by atoms with Gasteiger partial charge < -0.3 is 0 Å². The van der Waals surface area contributed by atoms with Crippen molar-refractivity contribution in [2.45, 2.75) is 65.7 Å². The topological polar surface area (TPSA) is 0 Å². The van der Waals surface area contributed by atoms with Crippen LogP contribution in [0.1, 0.15) is 63.3 Å². The molecule has 0 spiro atoms. The Morgan fingerprint density at radius 2 is 1.29 bits per heavy atom. The Bertz CT molecular complexity index is 857. The van der Waals surface area contributed by atoms with Crippen LogP contribution in [0.25, 0.3) is 0 Å². The fraction of sp³-hybridized carbons (Fsp3) is 0.429. The Kier molecular flexibility index (Phi) is 5.71. The smallest absolute Gasteiger partial charge is 0.00350 e. The second-order valence-electron chi connectivity index (χ2n) is 9.78. The molecule has 0 heterocycles. The predicted octanol–water partition coefficient (Wildman–Crippen LogP) is 7.70. The summed E-state index contributed by atoms with van der Waals surface area (Å²) in [7, 11) is 0. The molecule has 148 valence electrons. The molecule has 0 saturated heterocycles. The summed E-state index contributed by atoms with van der Waals surface area (Å²) in [5.41, 5.74) is 7.28. The lowest BCUT2D eigenvalue weighted by molar-refractivity contribution is 0.293. The Hall–Kier alpha value is -2.08. The monoisotopic (exact) mass is 372 g/mol. The highest BCUT2D eigenvalue weighted by atomic mass is 14.4. The first kappa shape index (κ1) is 20.6. The van der Waals surface area contributed by atoms with Crippen LogP contribution in [-0.2, 0) is 10.8 Å². The molecule has 0 fully saturated rings. The minimum absolute atomic E-state index is 0.0896. The molecule has 0 aromatic heterocycles. The summed E-state index contributed by atoms with van der Waals surface area (Å²) >= 11 is 0. The number of aryl methyl sites for hydroxylation is 2. The largest absolute Gasteiger partial charge is 0.0839 e. The van der Waals surface area contributed by atoms with Crippen LogP contribution in [-0.4, -0.2) is 0 Å². The van der Waals surface area contributed by atoms with Crippen LogP contribution in [0.15, 0.2) is 72.3 Å². The van der Waals surface area contributed by atoms with E-state index in [-0.39, 0.29) is 10.8 Å². The van der Waals surface area contributed by atoms with Crippen LogP contribution in [0.2, 0.25) is 0 Å². The molecule has 0 saturated carbocycles. The van der Waals surface area contributed by atoms with Crippen molar-refractivity contribution in [1.82, 2.24) is 0 Å². The van der Waals surface area contributed by atoms with Gasteiger partial charge in [0.05, 0.1) is 0 Å². The first-order valence-corrected chi connectivity index (χ1v) is 10.6. The lowest BCUT2D eigenvalue weighted by Crippen LogP contribution is -2.37. The molecule has 1 aliphatic carbocycles. The molecule has 0 amide bonds. The summed E-state index contributed by atoms with van der Waals surface area (Å²) in [5, 5.41) is 0. The minimum atomic E-state index is 0.0896. The van der Waals surface area contributed by atoms with Crippen LogP contribution in [0.5, 0.6) is 0 Å². The van der Waals surface area contributed by atoms with Gasteiger partial charge in [-0.15, -0.1) is 0 Å². The summed E-state index contributed by atoms with van der Waals surface area (Å²) < 4.78 is 0. The number of hydrogen-bond donors (Lipinski definition) is 0. The lowest BCUT2D eigenvalue weighted by atomic mass is 9.60. The van der Waals surface area contributed by atoms with Crippen LogP contribution >= 0.6 is 0 Å². The van der Waals surface area contributed by atoms with Crippen LogP contribution < -0.4 is 0 Å². The molecule has 2 unspecified atom stereocenters. The molecule has 0 bridgehead atoms. The highest BCUT2D eigenvalue weighted by Gasteiger charge is 2.40. The maximum absolute atomic E-state index is 2.42. The highest BCUT2D eigenvalue weighted by Crippen LogP contribution is 2.47. The summed E-state index contributed by atoms with van der Waals surface area (Å²) in [6.07, 6.45) is 8.11. The third kappa shape index (κ3) is 3.88. The van der Waals surface area contributed by atoms with Crippen LogP contribution in [0.3, 0.4) is 0 Å². The van der Waals surface area contributed by atoms with Crippen molar-refractivity contribution in [1.29, 1.82) is 0 Å². The van der Waals surface area contributed by atoms with E-state index in [2.05, 4.69) is 115 Å². The number of allylic oxidation sites excluding steroid dienone is 4. The molecule has 2 atom stereocenters. The molecule has 3 rings (SSSR count). The van der Waals surface area contributed by atoms with Gasteiger partial charge in [0.25, 0.3) is 0 Å². The SMILES string of the molecule is Cc1ccc(C(C)(C)C(C)C2=CC=CCC2C(C)(C)c2ccc(C)cc2)cc1. The molecule has 0 aliphatic heterocycles. The molecular formula is C28H36. The van der Waals surface area contributed by atoms with E-state index in [1.807, 2.05) is 0 Å². The van der Waals surface area contributed by atoms with Crippen LogP contribution in [0, 0.1) is 25.7 Å². The van der Waals surface area contributed by atoms with Gasteiger partial charge in [-0.05, 0) is 54.1 Å². The van der Waals surface area contributed by atoms with E-state index in [9.17, 15) is 0 Å². The van der Waals surface area contributed by atoms with Crippen molar-refractivity contribution in [2.75, 3.05) is 0 Å². The van der Waals surface area contributed by atoms with Crippen molar-refractivity contribution < 1.29 is 0 Å². The Morgan fingerprint density at radius 3 is 1.82 bits per heavy atom. The second-order valence-corrected chi connectivity index (χ2v) is 9.78. The standard InChI is InChI=1S/C28H36/c1-20-12-16-23(17-13-20)27(4,5)22(3)25-10-8-9-11-26(25)28(6,7)24-18-14-21(2)15-19-24/h8-10,12-19,22,26H,11H2,1-7H3. The Balaban J connectivity index is 1.96. The molecule has 0 radical (unpaired) electrons. The molecule has 0 nitrogen and oxygen atoms in total. The molecule has 0 N–H and O–H groups in total. The van der Waals surface area contributed by atoms with Crippen molar-refractivity contribution in [3.8, 4) is 0 Å². The summed E-state index contributed by atoms with van der Waals surface area (Å²) in [4.78, 5) is 0. The van der Waals surface area contributed by atoms with Gasteiger partial charge in [-0.1, -0.05) is 118 Å². The van der Waals surface area contributed by atoms with Crippen LogP contribution in [0.4, 0.5) is 0 Å². The molecule has 0 heteroatoms. The summed E-state index contributed by atoms with van der Waals surface area (Å²) in [5.74, 6) is 0.981. The van der Waals surface area contributed by atoms with E-state index in [1.165, 1.54) is 22.3 Å². The maximum atomic E-state index is 2.42. The van der Waals surface area contributed by atoms with E-state index in [4.69, 9.17) is 0 Å². The zero-order valence-corrected chi connectivity index (χ0v) is 18.7. The zero-order valence-electron chi connectivity index (χ0n) is 18.7. The van der Waals surface area contributed by atoms with E-state index in [0.717, 1.165) is 6.42 Å². The Labute approximate surface area is 172 Å². The average Bonchev–Trinajstić information content (AvgIpc) is 2.68. The summed E-state index contributed by atoms with van der Waals surface area (Å²) in [6.45, 7) is 16.4. The van der Waals surface area contributed by atoms with Gasteiger partial charge in [-0.25, -0.2) is 0 Å². The van der Waals surface area contributed by atoms with Gasteiger partial charge in [-0.3, -0.25) is 0 Å². The molecule has 2 aromatic rings. The van der Waals surface area contributed by atoms with Gasteiger partial charge in [0.1, 0.15) is 0 Å². The average molecular weight is 373 g/mol. The lowest BCUT2D eigenvalue weighted by Gasteiger charge is -2.44. The summed E-state index contributed by atoms with van der Waals surface area (Å²) in [6, 6.07) is 18.2. The fourth-order valence-electron chi connectivity index (χ4n) is 4.64. The highest BCUT2D eigenvalue weighted by molar-refractivity contribution is 5.38. The van der Waals surface area contributed by atoms with Gasteiger partial charge >= 0.3 is 0 Å². The van der Waals surface area contributed by atoms with E-state index in [0.29, 0.717) is 11.8 Å². The zero-order chi connectivity index (χ0) is 20.5. The Morgan fingerprint density at radius 1 is 0.786 bits per heavy atom. The van der Waals surface area contributed by atoms with Crippen molar-refractivity contribution in [3.63, 3.8) is 0 Å². The number of hydrogen-bond acceptors (Lipinski definition) is 0. The minimum Gasteiger partial charge on any atom is -0.0839 e. The van der Waals surface area contributed by atoms with Crippen molar-refractivity contribution in [3.05, 3.63) is 94.6 Å². The maximum Gasteiger partial charge on any atom is -0.00350 e. The number of benzene rings is 2. The van der Waals surface area contributed by atoms with Crippen molar-refractivity contribution >= 4 is 0 Å². The van der Waals surface area contributed by atoms with Crippen molar-refractivity contribution in [2.24, 2.45) is 11.8 Å². The van der Waals surface area contributed by atoms with Gasteiger partial charge in [0.2, 0.25) is 0 Å². The van der Waals surface area contributed by atoms with E-state index < -0.39 is 0 Å². The molecule has 1 aliphatic rings. The second kappa shape index (κ2) is 7.74. The molecule has 28 heavy (non-hydrogen) atoms. The number of rotatable bonds is 5. The third-order valence-electron chi connectivity index (χ3n) is 7.24. The third-order valence-corrected chi connectivity index (χ3v) is 7.24. The predicted molar refractivity (Wildman–Crippen MR) is 123 cm³/mol. The first-order chi connectivity index (χ1) is 13.1. The van der Waals surface area contributed by atoms with Gasteiger partial charge in [-0.2, -0.15) is 0 Å². The van der Waals surface area contributed by atoms with E-state index >= 15 is 0 Å². The first-order valence-electron chi connectivity index (χ1n) is 10.6. The van der Waals surface area contributed by atoms with Gasteiger partial charge in [0, 0.05) is 0 Å². The quantitative estimate of drug-likeness (QED) is 0.504. The normalized spacial score (nSPS) is 18.7. The van der Waals surface area contributed by atoms with Gasteiger partial charge in [0.15, 0.2) is 0 Å². The van der Waals surface area contributed by atoms with E-state index in [1.54, 1.807) is 5.57 Å². The fourth-order valence-corrected chi connectivity index (χ4v) is 4.64. The molecular weight excluding hydrogens is 336 g/mol. The molecule has 2 aromatic carbocycles.